The van der Waals surface area contributed by atoms with E-state index >= 15 is 0 Å². The van der Waals surface area contributed by atoms with Crippen LogP contribution in [0.25, 0.3) is 10.2 Å². The number of thiazole rings is 1. The van der Waals surface area contributed by atoms with Crippen LogP contribution in [-0.2, 0) is 6.42 Å². The Morgan fingerprint density at radius 1 is 1.24 bits per heavy atom. The standard InChI is InChI=1S/C13H17NO2S/c1-12(2,15)13(3,16)7-9-4-5-10-11(6-9)17-8-14-10/h4-6,8,15-16H,7H2,1-3H3. The lowest BCUT2D eigenvalue weighted by atomic mass is 9.82. The quantitative estimate of drug-likeness (QED) is 0.880. The summed E-state index contributed by atoms with van der Waals surface area (Å²) in [6, 6.07) is 5.91. The second-order valence-electron chi connectivity index (χ2n) is 5.16. The fourth-order valence-corrected chi connectivity index (χ4v) is 2.36. The van der Waals surface area contributed by atoms with Crippen molar-refractivity contribution in [2.75, 3.05) is 0 Å². The van der Waals surface area contributed by atoms with Crippen LogP contribution in [0, 0.1) is 0 Å². The highest BCUT2D eigenvalue weighted by atomic mass is 32.1. The lowest BCUT2D eigenvalue weighted by Crippen LogP contribution is -2.49. The summed E-state index contributed by atoms with van der Waals surface area (Å²) in [5.74, 6) is 0. The average molecular weight is 251 g/mol. The summed E-state index contributed by atoms with van der Waals surface area (Å²) < 4.78 is 1.11. The number of benzene rings is 1. The number of aromatic nitrogens is 1. The highest BCUT2D eigenvalue weighted by molar-refractivity contribution is 7.16. The van der Waals surface area contributed by atoms with Gasteiger partial charge in [0, 0.05) is 6.42 Å². The maximum Gasteiger partial charge on any atom is 0.0940 e. The fraction of sp³-hybridized carbons (Fsp3) is 0.462. The maximum absolute atomic E-state index is 10.3. The summed E-state index contributed by atoms with van der Waals surface area (Å²) in [7, 11) is 0. The third-order valence-corrected chi connectivity index (χ3v) is 4.05. The van der Waals surface area contributed by atoms with Crippen molar-refractivity contribution < 1.29 is 10.2 Å². The summed E-state index contributed by atoms with van der Waals surface area (Å²) in [6.45, 7) is 4.90. The number of hydrogen-bond acceptors (Lipinski definition) is 4. The monoisotopic (exact) mass is 251 g/mol. The lowest BCUT2D eigenvalue weighted by Gasteiger charge is -2.35. The van der Waals surface area contributed by atoms with Crippen molar-refractivity contribution in [2.24, 2.45) is 0 Å². The highest BCUT2D eigenvalue weighted by Gasteiger charge is 2.37. The van der Waals surface area contributed by atoms with Crippen LogP contribution in [0.5, 0.6) is 0 Å². The molecule has 0 fully saturated rings. The minimum Gasteiger partial charge on any atom is -0.387 e. The van der Waals surface area contributed by atoms with Gasteiger partial charge in [0.1, 0.15) is 0 Å². The third-order valence-electron chi connectivity index (χ3n) is 3.26. The molecule has 1 atom stereocenters. The van der Waals surface area contributed by atoms with E-state index in [4.69, 9.17) is 0 Å². The third kappa shape index (κ3) is 2.49. The van der Waals surface area contributed by atoms with Gasteiger partial charge in [0.15, 0.2) is 0 Å². The first kappa shape index (κ1) is 12.5. The van der Waals surface area contributed by atoms with Gasteiger partial charge >= 0.3 is 0 Å². The Bertz CT molecular complexity index is 525. The summed E-state index contributed by atoms with van der Waals surface area (Å²) in [4.78, 5) is 4.21. The zero-order valence-electron chi connectivity index (χ0n) is 10.3. The van der Waals surface area contributed by atoms with Crippen LogP contribution < -0.4 is 0 Å². The maximum atomic E-state index is 10.3. The summed E-state index contributed by atoms with van der Waals surface area (Å²) >= 11 is 1.58. The van der Waals surface area contributed by atoms with Crippen LogP contribution in [-0.4, -0.2) is 26.4 Å². The highest BCUT2D eigenvalue weighted by Crippen LogP contribution is 2.27. The SMILES string of the molecule is CC(C)(O)C(C)(O)Cc1ccc2ncsc2c1. The van der Waals surface area contributed by atoms with Gasteiger partial charge in [-0.05, 0) is 38.5 Å². The molecular formula is C13H17NO2S. The molecular weight excluding hydrogens is 234 g/mol. The van der Waals surface area contributed by atoms with Crippen molar-refractivity contribution in [3.8, 4) is 0 Å². The summed E-state index contributed by atoms with van der Waals surface area (Å²) in [5.41, 5.74) is 1.51. The Morgan fingerprint density at radius 3 is 2.59 bits per heavy atom. The minimum absolute atomic E-state index is 0.421. The van der Waals surface area contributed by atoms with Gasteiger partial charge in [-0.15, -0.1) is 11.3 Å². The zero-order valence-corrected chi connectivity index (χ0v) is 11.1. The van der Waals surface area contributed by atoms with E-state index in [1.54, 1.807) is 32.1 Å². The number of rotatable bonds is 3. The lowest BCUT2D eigenvalue weighted by molar-refractivity contribution is -0.118. The van der Waals surface area contributed by atoms with Crippen molar-refractivity contribution in [3.05, 3.63) is 29.3 Å². The van der Waals surface area contributed by atoms with Crippen molar-refractivity contribution in [1.82, 2.24) is 4.98 Å². The molecule has 1 aromatic carbocycles. The van der Waals surface area contributed by atoms with Gasteiger partial charge < -0.3 is 10.2 Å². The molecule has 1 aromatic heterocycles. The molecule has 0 spiro atoms. The molecule has 0 saturated carbocycles. The van der Waals surface area contributed by atoms with Crippen LogP contribution in [0.4, 0.5) is 0 Å². The topological polar surface area (TPSA) is 53.4 Å². The van der Waals surface area contributed by atoms with Gasteiger partial charge in [-0.2, -0.15) is 0 Å². The van der Waals surface area contributed by atoms with E-state index < -0.39 is 11.2 Å². The van der Waals surface area contributed by atoms with Crippen LogP contribution in [0.2, 0.25) is 0 Å². The molecule has 1 heterocycles. The second kappa shape index (κ2) is 4.05. The molecule has 17 heavy (non-hydrogen) atoms. The van der Waals surface area contributed by atoms with Crippen LogP contribution in [0.3, 0.4) is 0 Å². The smallest absolute Gasteiger partial charge is 0.0940 e. The average Bonchev–Trinajstić information content (AvgIpc) is 2.62. The van der Waals surface area contributed by atoms with Gasteiger partial charge in [-0.1, -0.05) is 6.07 Å². The Kier molecular flexibility index (Phi) is 2.97. The largest absolute Gasteiger partial charge is 0.387 e. The number of fused-ring (bicyclic) bond motifs is 1. The van der Waals surface area contributed by atoms with Crippen molar-refractivity contribution in [1.29, 1.82) is 0 Å². The summed E-state index contributed by atoms with van der Waals surface area (Å²) in [6.07, 6.45) is 0.421. The van der Waals surface area contributed by atoms with Crippen molar-refractivity contribution in [2.45, 2.75) is 38.4 Å². The summed E-state index contributed by atoms with van der Waals surface area (Å²) in [5, 5.41) is 20.2. The molecule has 0 bridgehead atoms. The van der Waals surface area contributed by atoms with E-state index in [1.165, 1.54) is 0 Å². The first-order valence-corrected chi connectivity index (χ1v) is 6.44. The molecule has 2 aromatic rings. The minimum atomic E-state index is -1.15. The normalized spacial score (nSPS) is 16.1. The molecule has 0 aliphatic rings. The van der Waals surface area contributed by atoms with Gasteiger partial charge in [0.05, 0.1) is 26.9 Å². The Morgan fingerprint density at radius 2 is 1.94 bits per heavy atom. The van der Waals surface area contributed by atoms with Crippen molar-refractivity contribution in [3.63, 3.8) is 0 Å². The van der Waals surface area contributed by atoms with Gasteiger partial charge in [-0.25, -0.2) is 4.98 Å². The molecule has 1 unspecified atom stereocenters. The molecule has 0 radical (unpaired) electrons. The van der Waals surface area contributed by atoms with Crippen LogP contribution in [0.1, 0.15) is 26.3 Å². The van der Waals surface area contributed by atoms with Crippen molar-refractivity contribution >= 4 is 21.6 Å². The number of aliphatic hydroxyl groups is 2. The Labute approximate surface area is 105 Å². The molecule has 0 saturated heterocycles. The zero-order chi connectivity index (χ0) is 12.7. The van der Waals surface area contributed by atoms with E-state index in [-0.39, 0.29) is 0 Å². The molecule has 0 aliphatic carbocycles. The number of nitrogens with zero attached hydrogens (tertiary/aromatic N) is 1. The van der Waals surface area contributed by atoms with Gasteiger partial charge in [-0.3, -0.25) is 0 Å². The molecule has 2 N–H and O–H groups in total. The van der Waals surface area contributed by atoms with E-state index in [1.807, 2.05) is 23.7 Å². The molecule has 0 amide bonds. The molecule has 92 valence electrons. The first-order chi connectivity index (χ1) is 7.79. The van der Waals surface area contributed by atoms with Crippen LogP contribution in [0.15, 0.2) is 23.7 Å². The van der Waals surface area contributed by atoms with E-state index in [0.717, 1.165) is 15.8 Å². The molecule has 3 nitrogen and oxygen atoms in total. The number of hydrogen-bond donors (Lipinski definition) is 2. The fourth-order valence-electron chi connectivity index (χ4n) is 1.62. The van der Waals surface area contributed by atoms with Gasteiger partial charge in [0.25, 0.3) is 0 Å². The predicted molar refractivity (Wildman–Crippen MR) is 70.2 cm³/mol. The predicted octanol–water partition coefficient (Wildman–Crippen LogP) is 2.36. The first-order valence-electron chi connectivity index (χ1n) is 5.56. The van der Waals surface area contributed by atoms with E-state index in [0.29, 0.717) is 6.42 Å². The van der Waals surface area contributed by atoms with Crippen LogP contribution >= 0.6 is 11.3 Å². The molecule has 4 heteroatoms. The van der Waals surface area contributed by atoms with E-state index in [9.17, 15) is 10.2 Å². The molecule has 2 rings (SSSR count). The second-order valence-corrected chi connectivity index (χ2v) is 6.05. The van der Waals surface area contributed by atoms with Gasteiger partial charge in [0.2, 0.25) is 0 Å². The van der Waals surface area contributed by atoms with E-state index in [2.05, 4.69) is 4.98 Å². The Balaban J connectivity index is 2.29. The molecule has 0 aliphatic heterocycles. The Hall–Kier alpha value is -0.970.